The second-order valence-corrected chi connectivity index (χ2v) is 14.6. The fourth-order valence-corrected chi connectivity index (χ4v) is 6.78. The Labute approximate surface area is 306 Å². The number of nitrogens with two attached hydrogens (primary N) is 4. The Bertz CT molecular complexity index is 547. The summed E-state index contributed by atoms with van der Waals surface area (Å²) in [6.07, 6.45) is 43.7. The topological polar surface area (TPSA) is 174 Å². The summed E-state index contributed by atoms with van der Waals surface area (Å²) in [5.74, 6) is 16.0. The van der Waals surface area contributed by atoms with Gasteiger partial charge in [-0.05, 0) is 12.8 Å². The molecular formula is C41H92N4O4. The number of hydrogen-bond donors (Lipinski definition) is 7. The van der Waals surface area contributed by atoms with E-state index in [1.807, 2.05) is 0 Å². The van der Waals surface area contributed by atoms with Crippen molar-refractivity contribution in [3.8, 4) is 0 Å². The first-order chi connectivity index (χ1) is 24.2. The molecule has 1 unspecified atom stereocenters. The maximum absolute atomic E-state index is 10.0. The predicted octanol–water partition coefficient (Wildman–Crippen LogP) is 9.89. The molecule has 0 aromatic carbocycles. The Morgan fingerprint density at radius 2 is 0.592 bits per heavy atom. The molecule has 8 nitrogen and oxygen atoms in total. The summed E-state index contributed by atoms with van der Waals surface area (Å²) in [4.78, 5) is 0. The van der Waals surface area contributed by atoms with Gasteiger partial charge in [-0.25, -0.2) is 0 Å². The average Bonchev–Trinajstić information content (AvgIpc) is 3.14. The van der Waals surface area contributed by atoms with Crippen molar-refractivity contribution in [2.24, 2.45) is 28.8 Å². The molecule has 0 spiro atoms. The average molecular weight is 705 g/mol. The summed E-state index contributed by atoms with van der Waals surface area (Å²) in [5.41, 5.74) is -0.940. The zero-order valence-electron chi connectivity index (χ0n) is 33.3. The van der Waals surface area contributed by atoms with Crippen molar-refractivity contribution in [2.45, 2.75) is 232 Å². The van der Waals surface area contributed by atoms with Gasteiger partial charge in [0, 0.05) is 6.61 Å². The lowest BCUT2D eigenvalue weighted by molar-refractivity contribution is -0.117. The van der Waals surface area contributed by atoms with Gasteiger partial charge in [0.05, 0.1) is 31.3 Å². The summed E-state index contributed by atoms with van der Waals surface area (Å²) >= 11 is 0. The van der Waals surface area contributed by atoms with Crippen molar-refractivity contribution in [3.63, 3.8) is 0 Å². The van der Waals surface area contributed by atoms with Crippen LogP contribution in [0.3, 0.4) is 0 Å². The minimum atomic E-state index is -0.940. The van der Waals surface area contributed by atoms with Crippen LogP contribution in [0.2, 0.25) is 0 Å². The molecule has 0 fully saturated rings. The molecule has 0 aromatic heterocycles. The van der Waals surface area contributed by atoms with Gasteiger partial charge in [-0.2, -0.15) is 0 Å². The Morgan fingerprint density at radius 1 is 0.367 bits per heavy atom. The van der Waals surface area contributed by atoms with E-state index < -0.39 is 5.41 Å². The van der Waals surface area contributed by atoms with E-state index in [9.17, 15) is 15.3 Å². The van der Waals surface area contributed by atoms with Crippen molar-refractivity contribution in [3.05, 3.63) is 0 Å². The van der Waals surface area contributed by atoms with E-state index in [2.05, 4.69) is 37.2 Å². The largest absolute Gasteiger partial charge is 0.396 e. The number of ether oxygens (including phenoxy) is 1. The minimum Gasteiger partial charge on any atom is -0.396 e. The summed E-state index contributed by atoms with van der Waals surface area (Å²) < 4.78 is 6.24. The van der Waals surface area contributed by atoms with E-state index in [1.165, 1.54) is 186 Å². The molecule has 0 aliphatic rings. The Kier molecular flexibility index (Phi) is 51.6. The van der Waals surface area contributed by atoms with Crippen LogP contribution in [0.4, 0.5) is 0 Å². The molecule has 0 aromatic rings. The molecule has 0 aliphatic carbocycles. The van der Waals surface area contributed by atoms with E-state index >= 15 is 0 Å². The van der Waals surface area contributed by atoms with Crippen molar-refractivity contribution < 1.29 is 20.1 Å². The van der Waals surface area contributed by atoms with E-state index in [4.69, 9.17) is 4.74 Å². The Balaban J connectivity index is -0.00000508. The zero-order chi connectivity index (χ0) is 36.9. The first-order valence-corrected chi connectivity index (χ1v) is 21.3. The molecule has 0 radical (unpaired) electrons. The van der Waals surface area contributed by atoms with Crippen LogP contribution < -0.4 is 23.4 Å². The van der Waals surface area contributed by atoms with E-state index in [0.29, 0.717) is 6.61 Å². The fourth-order valence-electron chi connectivity index (χ4n) is 6.78. The lowest BCUT2D eigenvalue weighted by Crippen LogP contribution is -2.46. The van der Waals surface area contributed by atoms with Crippen LogP contribution in [0.25, 0.3) is 0 Å². The third kappa shape index (κ3) is 37.3. The molecule has 0 rings (SSSR count). The quantitative estimate of drug-likeness (QED) is 0.0188. The lowest BCUT2D eigenvalue weighted by Gasteiger charge is -2.36. The number of aliphatic hydroxyl groups excluding tert-OH is 3. The second-order valence-electron chi connectivity index (χ2n) is 14.6. The van der Waals surface area contributed by atoms with Crippen LogP contribution >= 0.6 is 0 Å². The highest BCUT2D eigenvalue weighted by Gasteiger charge is 2.38. The van der Waals surface area contributed by atoms with Crippen molar-refractivity contribution >= 4 is 0 Å². The first kappa shape index (κ1) is 53.0. The van der Waals surface area contributed by atoms with E-state index in [-0.39, 0.29) is 25.9 Å². The third-order valence-electron chi connectivity index (χ3n) is 10.3. The van der Waals surface area contributed by atoms with Crippen LogP contribution in [0, 0.1) is 5.41 Å². The minimum absolute atomic E-state index is 0.234. The number of unbranched alkanes of at least 4 members (excludes halogenated alkanes) is 30. The Morgan fingerprint density at radius 3 is 0.837 bits per heavy atom. The highest BCUT2D eigenvalue weighted by Crippen LogP contribution is 2.28. The Hall–Kier alpha value is -0.320. The molecule has 0 heterocycles. The molecular weight excluding hydrogens is 612 g/mol. The third-order valence-corrected chi connectivity index (χ3v) is 10.3. The van der Waals surface area contributed by atoms with Gasteiger partial charge in [-0.3, -0.25) is 23.4 Å². The molecule has 49 heavy (non-hydrogen) atoms. The van der Waals surface area contributed by atoms with Gasteiger partial charge in [-0.1, -0.05) is 213 Å². The molecule has 0 bridgehead atoms. The molecule has 0 amide bonds. The maximum atomic E-state index is 10.0. The van der Waals surface area contributed by atoms with E-state index in [1.54, 1.807) is 0 Å². The van der Waals surface area contributed by atoms with Crippen LogP contribution in [-0.4, -0.2) is 47.9 Å². The highest BCUT2D eigenvalue weighted by atomic mass is 16.5. The monoisotopic (exact) mass is 705 g/mol. The summed E-state index contributed by atoms with van der Waals surface area (Å²) in [6.45, 7) is 4.53. The molecule has 300 valence electrons. The maximum Gasteiger partial charge on any atom is 0.0697 e. The van der Waals surface area contributed by atoms with Crippen molar-refractivity contribution in [1.82, 2.24) is 0 Å². The van der Waals surface area contributed by atoms with Crippen molar-refractivity contribution in [2.75, 3.05) is 26.4 Å². The SMILES string of the molecule is CCCCCCCCCCCCCCCCCCOC(CCCCCCCCCCCCCCCCCC)C(CO)(CO)CO.NN.NN. The molecule has 0 aliphatic heterocycles. The van der Waals surface area contributed by atoms with Crippen molar-refractivity contribution in [1.29, 1.82) is 0 Å². The first-order valence-electron chi connectivity index (χ1n) is 21.3. The van der Waals surface area contributed by atoms with Crippen LogP contribution in [0.15, 0.2) is 0 Å². The predicted molar refractivity (Wildman–Crippen MR) is 214 cm³/mol. The highest BCUT2D eigenvalue weighted by molar-refractivity contribution is 4.86. The normalized spacial score (nSPS) is 11.9. The van der Waals surface area contributed by atoms with Gasteiger partial charge in [0.2, 0.25) is 0 Å². The summed E-state index contributed by atoms with van der Waals surface area (Å²) in [6, 6.07) is 0. The molecule has 0 saturated carbocycles. The zero-order valence-corrected chi connectivity index (χ0v) is 33.3. The van der Waals surface area contributed by atoms with Gasteiger partial charge in [0.15, 0.2) is 0 Å². The molecule has 11 N–H and O–H groups in total. The van der Waals surface area contributed by atoms with Gasteiger partial charge >= 0.3 is 0 Å². The van der Waals surface area contributed by atoms with Crippen LogP contribution in [0.5, 0.6) is 0 Å². The van der Waals surface area contributed by atoms with Crippen LogP contribution in [-0.2, 0) is 4.74 Å². The van der Waals surface area contributed by atoms with Crippen LogP contribution in [0.1, 0.15) is 226 Å². The van der Waals surface area contributed by atoms with Gasteiger partial charge < -0.3 is 20.1 Å². The van der Waals surface area contributed by atoms with E-state index in [0.717, 1.165) is 25.7 Å². The number of hydrazine groups is 2. The second kappa shape index (κ2) is 47.7. The molecule has 8 heteroatoms. The number of rotatable bonds is 39. The smallest absolute Gasteiger partial charge is 0.0697 e. The molecule has 1 atom stereocenters. The summed E-state index contributed by atoms with van der Waals surface area (Å²) in [5, 5.41) is 30.1. The van der Waals surface area contributed by atoms with Gasteiger partial charge in [-0.15, -0.1) is 0 Å². The number of hydrogen-bond acceptors (Lipinski definition) is 8. The van der Waals surface area contributed by atoms with Gasteiger partial charge in [0.25, 0.3) is 0 Å². The number of aliphatic hydroxyl groups is 3. The lowest BCUT2D eigenvalue weighted by atomic mass is 9.81. The van der Waals surface area contributed by atoms with Gasteiger partial charge in [0.1, 0.15) is 0 Å². The standard InChI is InChI=1S/C41H84O4.2H4N2/c1-3-5-7-9-11-13-15-17-19-21-23-25-27-29-31-33-35-40(41(37-42,38-43)39-44)45-36-34-32-30-28-26-24-22-20-18-16-14-12-10-8-6-4-2;2*1-2/h40,42-44H,3-39H2,1-2H3;2*1-2H2. The fraction of sp³-hybridized carbons (Fsp3) is 1.00. The molecule has 0 saturated heterocycles. The summed E-state index contributed by atoms with van der Waals surface area (Å²) in [7, 11) is 0.